The molecule has 2 aromatic rings. The molecular formula is C25H32N2O4. The lowest BCUT2D eigenvalue weighted by atomic mass is 9.98. The maximum absolute atomic E-state index is 12.4. The minimum Gasteiger partial charge on any atom is -0.465 e. The van der Waals surface area contributed by atoms with Crippen LogP contribution < -0.4 is 10.6 Å². The zero-order valence-corrected chi connectivity index (χ0v) is 18.4. The average Bonchev–Trinajstić information content (AvgIpc) is 3.11. The van der Waals surface area contributed by atoms with Gasteiger partial charge in [-0.3, -0.25) is 4.79 Å². The smallest absolute Gasteiger partial charge is 0.407 e. The van der Waals surface area contributed by atoms with Gasteiger partial charge in [-0.15, -0.1) is 0 Å². The minimum atomic E-state index is -0.443. The van der Waals surface area contributed by atoms with E-state index in [1.807, 2.05) is 38.1 Å². The van der Waals surface area contributed by atoms with Gasteiger partial charge in [0.1, 0.15) is 6.61 Å². The summed E-state index contributed by atoms with van der Waals surface area (Å²) in [5, 5.41) is 5.94. The van der Waals surface area contributed by atoms with E-state index in [1.165, 1.54) is 22.3 Å². The van der Waals surface area contributed by atoms with Crippen LogP contribution in [0, 0.1) is 0 Å². The summed E-state index contributed by atoms with van der Waals surface area (Å²) in [6.07, 6.45) is 2.14. The Kier molecular flexibility index (Phi) is 8.47. The fraction of sp³-hybridized carbons (Fsp3) is 0.440. The fourth-order valence-corrected chi connectivity index (χ4v) is 3.83. The minimum absolute atomic E-state index is 0.0363. The molecule has 0 bridgehead atoms. The van der Waals surface area contributed by atoms with Gasteiger partial charge >= 0.3 is 12.1 Å². The van der Waals surface area contributed by atoms with Gasteiger partial charge in [0.15, 0.2) is 0 Å². The second-order valence-corrected chi connectivity index (χ2v) is 7.78. The zero-order valence-electron chi connectivity index (χ0n) is 18.4. The van der Waals surface area contributed by atoms with Crippen LogP contribution in [0.2, 0.25) is 0 Å². The Morgan fingerprint density at radius 2 is 1.61 bits per heavy atom. The molecule has 0 fully saturated rings. The van der Waals surface area contributed by atoms with Gasteiger partial charge in [-0.1, -0.05) is 68.8 Å². The number of rotatable bonds is 11. The van der Waals surface area contributed by atoms with Crippen molar-refractivity contribution >= 4 is 12.1 Å². The van der Waals surface area contributed by atoms with Crippen LogP contribution in [0.3, 0.4) is 0 Å². The van der Waals surface area contributed by atoms with E-state index in [0.29, 0.717) is 13.2 Å². The molecule has 0 saturated carbocycles. The van der Waals surface area contributed by atoms with Crippen molar-refractivity contribution in [2.75, 3.05) is 26.3 Å². The number of amides is 1. The number of carbonyl (C=O) groups excluding carboxylic acids is 2. The van der Waals surface area contributed by atoms with Crippen LogP contribution in [-0.4, -0.2) is 44.4 Å². The van der Waals surface area contributed by atoms with Crippen LogP contribution in [0.1, 0.15) is 50.2 Å². The van der Waals surface area contributed by atoms with Crippen LogP contribution in [0.25, 0.3) is 11.1 Å². The third kappa shape index (κ3) is 6.07. The number of nitrogens with one attached hydrogen (secondary N) is 2. The van der Waals surface area contributed by atoms with Crippen molar-refractivity contribution in [3.8, 4) is 11.1 Å². The Bertz CT molecular complexity index is 838. The molecule has 3 rings (SSSR count). The van der Waals surface area contributed by atoms with E-state index in [2.05, 4.69) is 34.9 Å². The fourth-order valence-electron chi connectivity index (χ4n) is 3.83. The van der Waals surface area contributed by atoms with E-state index < -0.39 is 6.09 Å². The number of fused-ring (bicyclic) bond motifs is 3. The largest absolute Gasteiger partial charge is 0.465 e. The average molecular weight is 425 g/mol. The molecule has 31 heavy (non-hydrogen) atoms. The lowest BCUT2D eigenvalue weighted by molar-refractivity contribution is -0.142. The molecule has 1 aliphatic carbocycles. The molecule has 166 valence electrons. The van der Waals surface area contributed by atoms with Gasteiger partial charge in [0, 0.05) is 18.5 Å². The highest BCUT2D eigenvalue weighted by molar-refractivity contribution is 5.79. The monoisotopic (exact) mass is 424 g/mol. The lowest BCUT2D eigenvalue weighted by Gasteiger charge is -2.19. The van der Waals surface area contributed by atoms with Crippen LogP contribution >= 0.6 is 0 Å². The van der Waals surface area contributed by atoms with Crippen molar-refractivity contribution in [2.45, 2.75) is 45.1 Å². The number of benzene rings is 2. The Balaban J connectivity index is 1.47. The van der Waals surface area contributed by atoms with Gasteiger partial charge in [-0.25, -0.2) is 4.79 Å². The Morgan fingerprint density at radius 1 is 0.968 bits per heavy atom. The molecule has 1 amide bonds. The normalized spacial score (nSPS) is 13.2. The van der Waals surface area contributed by atoms with Crippen LogP contribution in [0.4, 0.5) is 4.79 Å². The summed E-state index contributed by atoms with van der Waals surface area (Å²) in [5.74, 6) is -0.237. The number of carbonyl (C=O) groups is 2. The number of unbranched alkanes of at least 4 members (excludes halogenated alkanes) is 1. The molecule has 1 atom stereocenters. The van der Waals surface area contributed by atoms with Crippen LogP contribution in [0.15, 0.2) is 48.5 Å². The number of esters is 1. The highest BCUT2D eigenvalue weighted by atomic mass is 16.5. The molecule has 0 saturated heterocycles. The molecule has 0 radical (unpaired) electrons. The number of ether oxygens (including phenoxy) is 2. The van der Waals surface area contributed by atoms with E-state index in [4.69, 9.17) is 9.47 Å². The van der Waals surface area contributed by atoms with E-state index in [1.54, 1.807) is 0 Å². The Hall–Kier alpha value is -2.86. The number of hydrogen-bond donors (Lipinski definition) is 2. The van der Waals surface area contributed by atoms with E-state index in [0.717, 1.165) is 19.3 Å². The van der Waals surface area contributed by atoms with Gasteiger partial charge in [-0.05, 0) is 35.1 Å². The first kappa shape index (κ1) is 22.8. The summed E-state index contributed by atoms with van der Waals surface area (Å²) in [4.78, 5) is 24.1. The maximum atomic E-state index is 12.4. The predicted octanol–water partition coefficient (Wildman–Crippen LogP) is 4.24. The van der Waals surface area contributed by atoms with Crippen molar-refractivity contribution in [2.24, 2.45) is 0 Å². The molecule has 0 spiro atoms. The summed E-state index contributed by atoms with van der Waals surface area (Å²) in [6.45, 7) is 5.37. The van der Waals surface area contributed by atoms with Crippen molar-refractivity contribution < 1.29 is 19.1 Å². The first-order valence-electron chi connectivity index (χ1n) is 11.1. The zero-order chi connectivity index (χ0) is 22.1. The molecule has 6 nitrogen and oxygen atoms in total. The first-order valence-corrected chi connectivity index (χ1v) is 11.1. The quantitative estimate of drug-likeness (QED) is 0.417. The third-order valence-corrected chi connectivity index (χ3v) is 5.58. The number of hydrogen-bond acceptors (Lipinski definition) is 5. The van der Waals surface area contributed by atoms with Crippen LogP contribution in [-0.2, 0) is 14.3 Å². The highest BCUT2D eigenvalue weighted by Crippen LogP contribution is 2.44. The van der Waals surface area contributed by atoms with Gasteiger partial charge in [-0.2, -0.15) is 0 Å². The van der Waals surface area contributed by atoms with Gasteiger partial charge in [0.2, 0.25) is 0 Å². The van der Waals surface area contributed by atoms with Crippen molar-refractivity contribution in [3.05, 3.63) is 59.7 Å². The highest BCUT2D eigenvalue weighted by Gasteiger charge is 2.29. The summed E-state index contributed by atoms with van der Waals surface area (Å²) >= 11 is 0. The molecule has 0 unspecified atom stereocenters. The van der Waals surface area contributed by atoms with E-state index in [-0.39, 0.29) is 31.1 Å². The standard InChI is InChI=1S/C25H32N2O4/c1-3-5-14-30-24(28)16-26-15-18(4-2)27-25(29)31-17-23-21-12-8-6-10-19(21)20-11-7-9-13-22(20)23/h6-13,18,23,26H,3-5,14-17H2,1-2H3,(H,27,29)/t18-/m0/s1. The summed E-state index contributed by atoms with van der Waals surface area (Å²) in [7, 11) is 0. The van der Waals surface area contributed by atoms with Crippen molar-refractivity contribution in [3.63, 3.8) is 0 Å². The second kappa shape index (κ2) is 11.5. The summed E-state index contributed by atoms with van der Waals surface area (Å²) < 4.78 is 10.7. The SMILES string of the molecule is CCCCOC(=O)CNC[C@H](CC)NC(=O)OCC1c2ccccc2-c2ccccc21. The molecule has 1 aliphatic rings. The molecule has 0 heterocycles. The third-order valence-electron chi connectivity index (χ3n) is 5.58. The van der Waals surface area contributed by atoms with Gasteiger partial charge in [0.05, 0.1) is 13.2 Å². The molecule has 0 aromatic heterocycles. The molecular weight excluding hydrogens is 392 g/mol. The molecule has 6 heteroatoms. The molecule has 2 N–H and O–H groups in total. The lowest BCUT2D eigenvalue weighted by Crippen LogP contribution is -2.43. The van der Waals surface area contributed by atoms with Gasteiger partial charge < -0.3 is 20.1 Å². The van der Waals surface area contributed by atoms with Gasteiger partial charge in [0.25, 0.3) is 0 Å². The summed E-state index contributed by atoms with van der Waals surface area (Å²) in [5.41, 5.74) is 4.78. The Morgan fingerprint density at radius 3 is 2.23 bits per heavy atom. The first-order chi connectivity index (χ1) is 15.1. The van der Waals surface area contributed by atoms with E-state index in [9.17, 15) is 9.59 Å². The van der Waals surface area contributed by atoms with Crippen molar-refractivity contribution in [1.29, 1.82) is 0 Å². The molecule has 2 aromatic carbocycles. The predicted molar refractivity (Wildman–Crippen MR) is 121 cm³/mol. The van der Waals surface area contributed by atoms with E-state index >= 15 is 0 Å². The second-order valence-electron chi connectivity index (χ2n) is 7.78. The Labute approximate surface area is 184 Å². The summed E-state index contributed by atoms with van der Waals surface area (Å²) in [6, 6.07) is 16.4. The molecule has 0 aliphatic heterocycles. The topological polar surface area (TPSA) is 76.7 Å². The number of alkyl carbamates (subject to hydrolysis) is 1. The maximum Gasteiger partial charge on any atom is 0.407 e. The van der Waals surface area contributed by atoms with Crippen molar-refractivity contribution in [1.82, 2.24) is 10.6 Å². The van der Waals surface area contributed by atoms with Crippen LogP contribution in [0.5, 0.6) is 0 Å².